The number of ether oxygens (including phenoxy) is 1. The van der Waals surface area contributed by atoms with Gasteiger partial charge in [0.1, 0.15) is 11.6 Å². The highest BCUT2D eigenvalue weighted by molar-refractivity contribution is 5.29. The van der Waals surface area contributed by atoms with Gasteiger partial charge in [-0.3, -0.25) is 0 Å². The Morgan fingerprint density at radius 3 is 2.35 bits per heavy atom. The van der Waals surface area contributed by atoms with E-state index < -0.39 is 6.10 Å². The van der Waals surface area contributed by atoms with Crippen LogP contribution in [0.1, 0.15) is 48.6 Å². The molecule has 3 atom stereocenters. The quantitative estimate of drug-likeness (QED) is 0.858. The van der Waals surface area contributed by atoms with Crippen molar-refractivity contribution in [1.29, 1.82) is 0 Å². The molecule has 1 aromatic heterocycles. The van der Waals surface area contributed by atoms with Crippen molar-refractivity contribution in [2.75, 3.05) is 7.11 Å². The first-order valence-corrected chi connectivity index (χ1v) is 7.80. The molecule has 0 saturated heterocycles. The number of nitrogens with one attached hydrogen (secondary N) is 1. The summed E-state index contributed by atoms with van der Waals surface area (Å²) < 4.78 is 5.14. The van der Waals surface area contributed by atoms with E-state index in [1.807, 2.05) is 51.2 Å². The van der Waals surface area contributed by atoms with Crippen LogP contribution in [0.5, 0.6) is 5.75 Å². The molecule has 1 heterocycles. The summed E-state index contributed by atoms with van der Waals surface area (Å²) in [4.78, 5) is 8.66. The summed E-state index contributed by atoms with van der Waals surface area (Å²) in [5.74, 6) is 1.55. The Bertz CT molecular complexity index is 643. The molecule has 2 N–H and O–H groups in total. The molecule has 0 radical (unpaired) electrons. The van der Waals surface area contributed by atoms with Crippen molar-refractivity contribution < 1.29 is 9.84 Å². The van der Waals surface area contributed by atoms with Crippen LogP contribution in [0.3, 0.4) is 0 Å². The molecule has 0 aliphatic rings. The maximum Gasteiger partial charge on any atom is 0.125 e. The molecule has 0 aliphatic carbocycles. The molecule has 5 heteroatoms. The third-order valence-electron chi connectivity index (χ3n) is 4.05. The average Bonchev–Trinajstić information content (AvgIpc) is 2.54. The number of hydrogen-bond acceptors (Lipinski definition) is 5. The van der Waals surface area contributed by atoms with Crippen LogP contribution >= 0.6 is 0 Å². The number of methoxy groups -OCH3 is 1. The number of aliphatic hydroxyl groups is 1. The molecular weight excluding hydrogens is 290 g/mol. The Morgan fingerprint density at radius 2 is 1.78 bits per heavy atom. The molecule has 3 unspecified atom stereocenters. The lowest BCUT2D eigenvalue weighted by atomic mass is 10.0. The molecule has 0 aliphatic heterocycles. The van der Waals surface area contributed by atoms with Crippen molar-refractivity contribution in [3.63, 3.8) is 0 Å². The molecule has 2 rings (SSSR count). The standard InChI is InChI=1S/C18H25N3O2/c1-11(17-10-19-14(4)21-12(17)2)20-13(3)18(22)15-6-8-16(23-5)9-7-15/h6-11,13,18,20,22H,1-5H3. The van der Waals surface area contributed by atoms with Gasteiger partial charge in [0.05, 0.1) is 13.2 Å². The Morgan fingerprint density at radius 1 is 1.13 bits per heavy atom. The minimum atomic E-state index is -0.602. The first kappa shape index (κ1) is 17.4. The molecule has 124 valence electrons. The summed E-state index contributed by atoms with van der Waals surface area (Å²) in [6.45, 7) is 7.88. The average molecular weight is 315 g/mol. The Balaban J connectivity index is 2.05. The van der Waals surface area contributed by atoms with E-state index in [0.717, 1.165) is 28.4 Å². The highest BCUT2D eigenvalue weighted by Crippen LogP contribution is 2.23. The van der Waals surface area contributed by atoms with Gasteiger partial charge in [-0.05, 0) is 45.4 Å². The van der Waals surface area contributed by atoms with Crippen molar-refractivity contribution in [3.05, 3.63) is 53.1 Å². The van der Waals surface area contributed by atoms with Crippen molar-refractivity contribution in [1.82, 2.24) is 15.3 Å². The summed E-state index contributed by atoms with van der Waals surface area (Å²) in [6, 6.07) is 7.41. The largest absolute Gasteiger partial charge is 0.497 e. The van der Waals surface area contributed by atoms with E-state index in [4.69, 9.17) is 4.74 Å². The van der Waals surface area contributed by atoms with E-state index in [1.165, 1.54) is 0 Å². The van der Waals surface area contributed by atoms with Crippen molar-refractivity contribution in [3.8, 4) is 5.75 Å². The molecular formula is C18H25N3O2. The van der Waals surface area contributed by atoms with Crippen LogP contribution in [0.15, 0.2) is 30.5 Å². The summed E-state index contributed by atoms with van der Waals surface area (Å²) in [7, 11) is 1.63. The molecule has 0 saturated carbocycles. The maximum absolute atomic E-state index is 10.5. The lowest BCUT2D eigenvalue weighted by molar-refractivity contribution is 0.130. The second kappa shape index (κ2) is 7.53. The topological polar surface area (TPSA) is 67.3 Å². The van der Waals surface area contributed by atoms with Gasteiger partial charge < -0.3 is 15.2 Å². The van der Waals surface area contributed by atoms with Crippen LogP contribution < -0.4 is 10.1 Å². The van der Waals surface area contributed by atoms with Crippen molar-refractivity contribution in [2.24, 2.45) is 0 Å². The minimum absolute atomic E-state index is 0.0542. The number of rotatable bonds is 6. The van der Waals surface area contributed by atoms with Gasteiger partial charge in [0.15, 0.2) is 0 Å². The monoisotopic (exact) mass is 315 g/mol. The zero-order chi connectivity index (χ0) is 17.0. The molecule has 5 nitrogen and oxygen atoms in total. The smallest absolute Gasteiger partial charge is 0.125 e. The number of aromatic nitrogens is 2. The van der Waals surface area contributed by atoms with Crippen LogP contribution in [0.2, 0.25) is 0 Å². The molecule has 0 fully saturated rings. The molecule has 23 heavy (non-hydrogen) atoms. The first-order valence-electron chi connectivity index (χ1n) is 7.80. The van der Waals surface area contributed by atoms with E-state index >= 15 is 0 Å². The Hall–Kier alpha value is -1.98. The Kier molecular flexibility index (Phi) is 5.69. The zero-order valence-electron chi connectivity index (χ0n) is 14.4. The third kappa shape index (κ3) is 4.27. The molecule has 0 bridgehead atoms. The molecule has 2 aromatic rings. The fourth-order valence-corrected chi connectivity index (χ4v) is 2.68. The summed E-state index contributed by atoms with van der Waals surface area (Å²) >= 11 is 0. The SMILES string of the molecule is COc1ccc(C(O)C(C)NC(C)c2cnc(C)nc2C)cc1. The van der Waals surface area contributed by atoms with Crippen LogP contribution in [0.4, 0.5) is 0 Å². The van der Waals surface area contributed by atoms with E-state index in [0.29, 0.717) is 0 Å². The predicted molar refractivity (Wildman–Crippen MR) is 90.5 cm³/mol. The lowest BCUT2D eigenvalue weighted by Crippen LogP contribution is -2.34. The van der Waals surface area contributed by atoms with E-state index in [2.05, 4.69) is 22.2 Å². The summed E-state index contributed by atoms with van der Waals surface area (Å²) in [5, 5.41) is 13.9. The van der Waals surface area contributed by atoms with Crippen molar-refractivity contribution in [2.45, 2.75) is 45.9 Å². The fourth-order valence-electron chi connectivity index (χ4n) is 2.68. The number of aliphatic hydroxyl groups excluding tert-OH is 1. The first-order chi connectivity index (χ1) is 10.9. The van der Waals surface area contributed by atoms with Crippen LogP contribution in [0.25, 0.3) is 0 Å². The number of nitrogens with zero attached hydrogens (tertiary/aromatic N) is 2. The van der Waals surface area contributed by atoms with Gasteiger partial charge in [-0.15, -0.1) is 0 Å². The van der Waals surface area contributed by atoms with Gasteiger partial charge >= 0.3 is 0 Å². The van der Waals surface area contributed by atoms with E-state index in [-0.39, 0.29) is 12.1 Å². The van der Waals surface area contributed by atoms with Crippen LogP contribution in [0, 0.1) is 13.8 Å². The van der Waals surface area contributed by atoms with E-state index in [9.17, 15) is 5.11 Å². The van der Waals surface area contributed by atoms with Gasteiger partial charge in [0, 0.05) is 29.5 Å². The van der Waals surface area contributed by atoms with Crippen molar-refractivity contribution >= 4 is 0 Å². The van der Waals surface area contributed by atoms with E-state index in [1.54, 1.807) is 7.11 Å². The van der Waals surface area contributed by atoms with Gasteiger partial charge in [0.2, 0.25) is 0 Å². The lowest BCUT2D eigenvalue weighted by Gasteiger charge is -2.25. The third-order valence-corrected chi connectivity index (χ3v) is 4.05. The normalized spacial score (nSPS) is 15.0. The second-order valence-corrected chi connectivity index (χ2v) is 5.85. The zero-order valence-corrected chi connectivity index (χ0v) is 14.4. The van der Waals surface area contributed by atoms with Gasteiger partial charge in [0.25, 0.3) is 0 Å². The van der Waals surface area contributed by atoms with Crippen LogP contribution in [-0.4, -0.2) is 28.2 Å². The maximum atomic E-state index is 10.5. The van der Waals surface area contributed by atoms with Gasteiger partial charge in [-0.1, -0.05) is 12.1 Å². The van der Waals surface area contributed by atoms with Gasteiger partial charge in [-0.25, -0.2) is 9.97 Å². The predicted octanol–water partition coefficient (Wildman–Crippen LogP) is 2.87. The highest BCUT2D eigenvalue weighted by Gasteiger charge is 2.20. The van der Waals surface area contributed by atoms with Gasteiger partial charge in [-0.2, -0.15) is 0 Å². The fraction of sp³-hybridized carbons (Fsp3) is 0.444. The minimum Gasteiger partial charge on any atom is -0.497 e. The summed E-state index contributed by atoms with van der Waals surface area (Å²) in [5.41, 5.74) is 2.86. The second-order valence-electron chi connectivity index (χ2n) is 5.85. The molecule has 1 aromatic carbocycles. The Labute approximate surface area is 137 Å². The van der Waals surface area contributed by atoms with Crippen LogP contribution in [-0.2, 0) is 0 Å². The highest BCUT2D eigenvalue weighted by atomic mass is 16.5. The number of hydrogen-bond donors (Lipinski definition) is 2. The summed E-state index contributed by atoms with van der Waals surface area (Å²) in [6.07, 6.45) is 1.25. The molecule has 0 amide bonds. The number of benzene rings is 1. The number of aryl methyl sites for hydroxylation is 2. The molecule has 0 spiro atoms.